The molecule has 22 heavy (non-hydrogen) atoms. The van der Waals surface area contributed by atoms with Gasteiger partial charge in [-0.3, -0.25) is 10.1 Å². The van der Waals surface area contributed by atoms with E-state index >= 15 is 0 Å². The number of carbonyl (C=O) groups excluding carboxylic acids is 1. The van der Waals surface area contributed by atoms with Crippen LogP contribution in [-0.4, -0.2) is 25.1 Å². The monoisotopic (exact) mass is 320 g/mol. The van der Waals surface area contributed by atoms with Crippen LogP contribution in [-0.2, 0) is 5.41 Å². The van der Waals surface area contributed by atoms with Crippen molar-refractivity contribution in [2.75, 3.05) is 19.5 Å². The number of ether oxygens (including phenoxy) is 2. The maximum Gasteiger partial charge on any atom is 0.257 e. The second kappa shape index (κ2) is 6.36. The highest BCUT2D eigenvalue weighted by Gasteiger charge is 2.18. The van der Waals surface area contributed by atoms with Gasteiger partial charge in [0.1, 0.15) is 11.5 Å². The quantitative estimate of drug-likeness (QED) is 0.933. The minimum Gasteiger partial charge on any atom is -0.497 e. The number of amides is 1. The van der Waals surface area contributed by atoms with Gasteiger partial charge in [0, 0.05) is 22.4 Å². The molecule has 6 heteroatoms. The van der Waals surface area contributed by atoms with Crippen molar-refractivity contribution >= 4 is 22.4 Å². The summed E-state index contributed by atoms with van der Waals surface area (Å²) in [7, 11) is 3.10. The number of benzene rings is 1. The zero-order chi connectivity index (χ0) is 16.3. The van der Waals surface area contributed by atoms with Crippen LogP contribution in [0.3, 0.4) is 0 Å². The molecule has 5 nitrogen and oxygen atoms in total. The van der Waals surface area contributed by atoms with E-state index in [1.54, 1.807) is 32.4 Å². The molecule has 2 aromatic rings. The molecule has 1 N–H and O–H groups in total. The van der Waals surface area contributed by atoms with Crippen molar-refractivity contribution < 1.29 is 14.3 Å². The number of hydrogen-bond acceptors (Lipinski definition) is 5. The fourth-order valence-electron chi connectivity index (χ4n) is 1.78. The molecule has 1 aromatic heterocycles. The zero-order valence-corrected chi connectivity index (χ0v) is 14.2. The summed E-state index contributed by atoms with van der Waals surface area (Å²) >= 11 is 1.41. The molecule has 2 rings (SSSR count). The Morgan fingerprint density at radius 2 is 1.73 bits per heavy atom. The highest BCUT2D eigenvalue weighted by molar-refractivity contribution is 7.14. The van der Waals surface area contributed by atoms with Gasteiger partial charge in [-0.1, -0.05) is 20.8 Å². The molecule has 0 aliphatic rings. The summed E-state index contributed by atoms with van der Waals surface area (Å²) in [5.41, 5.74) is 1.37. The second-order valence-corrected chi connectivity index (χ2v) is 6.70. The Morgan fingerprint density at radius 3 is 2.18 bits per heavy atom. The molecule has 1 heterocycles. The molecule has 1 amide bonds. The average Bonchev–Trinajstić information content (AvgIpc) is 2.95. The first-order chi connectivity index (χ1) is 10.3. The van der Waals surface area contributed by atoms with Gasteiger partial charge in [-0.25, -0.2) is 4.98 Å². The second-order valence-electron chi connectivity index (χ2n) is 5.84. The standard InChI is InChI=1S/C16H20N2O3S/c1-16(2,3)13-9-22-15(17-13)18-14(19)10-6-11(20-4)8-12(7-10)21-5/h6-9H,1-5H3,(H,17,18,19). The molecule has 0 saturated carbocycles. The van der Waals surface area contributed by atoms with Crippen molar-refractivity contribution in [1.29, 1.82) is 0 Å². The summed E-state index contributed by atoms with van der Waals surface area (Å²) in [6.45, 7) is 6.25. The molecule has 0 aliphatic carbocycles. The molecule has 0 unspecified atom stereocenters. The van der Waals surface area contributed by atoms with E-state index in [1.165, 1.54) is 11.3 Å². The maximum atomic E-state index is 12.4. The van der Waals surface area contributed by atoms with E-state index in [9.17, 15) is 4.79 Å². The van der Waals surface area contributed by atoms with Crippen LogP contribution >= 0.6 is 11.3 Å². The summed E-state index contributed by atoms with van der Waals surface area (Å²) in [4.78, 5) is 16.8. The van der Waals surface area contributed by atoms with Crippen LogP contribution in [0.4, 0.5) is 5.13 Å². The first kappa shape index (κ1) is 16.3. The van der Waals surface area contributed by atoms with Gasteiger partial charge in [0.25, 0.3) is 5.91 Å². The summed E-state index contributed by atoms with van der Waals surface area (Å²) < 4.78 is 10.3. The fourth-order valence-corrected chi connectivity index (χ4v) is 2.72. The summed E-state index contributed by atoms with van der Waals surface area (Å²) in [5, 5.41) is 5.35. The van der Waals surface area contributed by atoms with Crippen molar-refractivity contribution in [2.45, 2.75) is 26.2 Å². The number of aromatic nitrogens is 1. The van der Waals surface area contributed by atoms with E-state index in [0.29, 0.717) is 22.2 Å². The number of thiazole rings is 1. The smallest absolute Gasteiger partial charge is 0.257 e. The summed E-state index contributed by atoms with van der Waals surface area (Å²) in [6, 6.07) is 5.05. The number of methoxy groups -OCH3 is 2. The first-order valence-electron chi connectivity index (χ1n) is 6.84. The minimum absolute atomic E-state index is 0.0430. The number of rotatable bonds is 4. The van der Waals surface area contributed by atoms with Gasteiger partial charge in [0.05, 0.1) is 19.9 Å². The van der Waals surface area contributed by atoms with Crippen LogP contribution in [0.1, 0.15) is 36.8 Å². The lowest BCUT2D eigenvalue weighted by atomic mass is 9.93. The number of anilines is 1. The third-order valence-electron chi connectivity index (χ3n) is 3.11. The van der Waals surface area contributed by atoms with Crippen molar-refractivity contribution in [3.8, 4) is 11.5 Å². The average molecular weight is 320 g/mol. The summed E-state index contributed by atoms with van der Waals surface area (Å²) in [5.74, 6) is 0.894. The SMILES string of the molecule is COc1cc(OC)cc(C(=O)Nc2nc(C(C)(C)C)cs2)c1. The maximum absolute atomic E-state index is 12.4. The van der Waals surface area contributed by atoms with Gasteiger partial charge in [-0.2, -0.15) is 0 Å². The predicted octanol–water partition coefficient (Wildman–Crippen LogP) is 3.71. The summed E-state index contributed by atoms with van der Waals surface area (Å²) in [6.07, 6.45) is 0. The van der Waals surface area contributed by atoms with E-state index < -0.39 is 0 Å². The van der Waals surface area contributed by atoms with Crippen molar-refractivity contribution in [3.63, 3.8) is 0 Å². The molecule has 118 valence electrons. The Kier molecular flexibility index (Phi) is 4.71. The Balaban J connectivity index is 2.20. The van der Waals surface area contributed by atoms with Crippen LogP contribution in [0.5, 0.6) is 11.5 Å². The Morgan fingerprint density at radius 1 is 1.14 bits per heavy atom. The third-order valence-corrected chi connectivity index (χ3v) is 3.86. The van der Waals surface area contributed by atoms with Gasteiger partial charge >= 0.3 is 0 Å². The van der Waals surface area contributed by atoms with E-state index in [2.05, 4.69) is 31.1 Å². The lowest BCUT2D eigenvalue weighted by Crippen LogP contribution is -2.14. The Labute approximate surface area is 134 Å². The van der Waals surface area contributed by atoms with Crippen LogP contribution in [0, 0.1) is 0 Å². The van der Waals surface area contributed by atoms with Gasteiger partial charge in [-0.15, -0.1) is 11.3 Å². The van der Waals surface area contributed by atoms with Gasteiger partial charge in [-0.05, 0) is 12.1 Å². The molecule has 1 aromatic carbocycles. The normalized spacial score (nSPS) is 11.1. The van der Waals surface area contributed by atoms with Crippen LogP contribution in [0.25, 0.3) is 0 Å². The van der Waals surface area contributed by atoms with Gasteiger partial charge in [0.2, 0.25) is 0 Å². The molecular weight excluding hydrogens is 300 g/mol. The number of nitrogens with zero attached hydrogens (tertiary/aromatic N) is 1. The number of carbonyl (C=O) groups is 1. The number of nitrogens with one attached hydrogen (secondary N) is 1. The largest absolute Gasteiger partial charge is 0.497 e. The van der Waals surface area contributed by atoms with Crippen LogP contribution in [0.2, 0.25) is 0 Å². The van der Waals surface area contributed by atoms with Crippen LogP contribution in [0.15, 0.2) is 23.6 Å². The first-order valence-corrected chi connectivity index (χ1v) is 7.72. The molecule has 0 aliphatic heterocycles. The van der Waals surface area contributed by atoms with E-state index in [1.807, 2.05) is 5.38 Å². The van der Waals surface area contributed by atoms with Gasteiger partial charge in [0.15, 0.2) is 5.13 Å². The molecule has 0 saturated heterocycles. The van der Waals surface area contributed by atoms with Crippen molar-refractivity contribution in [1.82, 2.24) is 4.98 Å². The molecule has 0 bridgehead atoms. The van der Waals surface area contributed by atoms with Gasteiger partial charge < -0.3 is 9.47 Å². The Hall–Kier alpha value is -2.08. The van der Waals surface area contributed by atoms with E-state index in [4.69, 9.17) is 9.47 Å². The molecule has 0 spiro atoms. The van der Waals surface area contributed by atoms with E-state index in [-0.39, 0.29) is 11.3 Å². The van der Waals surface area contributed by atoms with E-state index in [0.717, 1.165) is 5.69 Å². The van der Waals surface area contributed by atoms with Crippen LogP contribution < -0.4 is 14.8 Å². The highest BCUT2D eigenvalue weighted by atomic mass is 32.1. The predicted molar refractivity (Wildman–Crippen MR) is 88.3 cm³/mol. The van der Waals surface area contributed by atoms with Crippen molar-refractivity contribution in [2.24, 2.45) is 0 Å². The molecule has 0 fully saturated rings. The van der Waals surface area contributed by atoms with Crippen molar-refractivity contribution in [3.05, 3.63) is 34.8 Å². The number of hydrogen-bond donors (Lipinski definition) is 1. The zero-order valence-electron chi connectivity index (χ0n) is 13.4. The Bertz CT molecular complexity index is 652. The molecule has 0 radical (unpaired) electrons. The molecular formula is C16H20N2O3S. The minimum atomic E-state index is -0.244. The lowest BCUT2D eigenvalue weighted by Gasteiger charge is -2.14. The topological polar surface area (TPSA) is 60.5 Å². The molecule has 0 atom stereocenters. The highest BCUT2D eigenvalue weighted by Crippen LogP contribution is 2.27. The third kappa shape index (κ3) is 3.76. The lowest BCUT2D eigenvalue weighted by molar-refractivity contribution is 0.102. The fraction of sp³-hybridized carbons (Fsp3) is 0.375.